The molecule has 0 bridgehead atoms. The van der Waals surface area contributed by atoms with Gasteiger partial charge in [-0.25, -0.2) is 4.39 Å². The lowest BCUT2D eigenvalue weighted by Gasteiger charge is -2.10. The Morgan fingerprint density at radius 3 is 2.35 bits per heavy atom. The molecule has 0 unspecified atom stereocenters. The molecule has 6 heteroatoms. The summed E-state index contributed by atoms with van der Waals surface area (Å²) >= 11 is 0. The van der Waals surface area contributed by atoms with Crippen LogP contribution in [0.15, 0.2) is 72.8 Å². The van der Waals surface area contributed by atoms with Gasteiger partial charge >= 0.3 is 0 Å². The number of para-hydroxylation sites is 2. The number of carbonyl (C=O) groups is 2. The van der Waals surface area contributed by atoms with E-state index in [1.165, 1.54) is 12.1 Å². The summed E-state index contributed by atoms with van der Waals surface area (Å²) in [6.45, 7) is 0. The molecule has 1 fully saturated rings. The molecule has 5 nitrogen and oxygen atoms in total. The van der Waals surface area contributed by atoms with Gasteiger partial charge in [0.15, 0.2) is 0 Å². The number of halogens is 1. The fourth-order valence-electron chi connectivity index (χ4n) is 3.13. The Balaban J connectivity index is 1.57. The van der Waals surface area contributed by atoms with E-state index in [1.54, 1.807) is 66.7 Å². The highest BCUT2D eigenvalue weighted by Gasteiger charge is 2.25. The zero-order valence-corrected chi connectivity index (χ0v) is 16.8. The van der Waals surface area contributed by atoms with Crippen LogP contribution in [0.2, 0.25) is 0 Å². The molecule has 0 heterocycles. The molecule has 1 aliphatic rings. The average molecular weight is 415 g/mol. The molecular weight excluding hydrogens is 393 g/mol. The van der Waals surface area contributed by atoms with Crippen LogP contribution in [-0.4, -0.2) is 17.9 Å². The van der Waals surface area contributed by atoms with Crippen molar-refractivity contribution in [2.75, 3.05) is 11.1 Å². The lowest BCUT2D eigenvalue weighted by Crippen LogP contribution is -2.26. The van der Waals surface area contributed by atoms with Gasteiger partial charge < -0.3 is 16.4 Å². The van der Waals surface area contributed by atoms with Crippen molar-refractivity contribution in [3.8, 4) is 0 Å². The van der Waals surface area contributed by atoms with E-state index in [0.717, 1.165) is 18.4 Å². The Bertz CT molecular complexity index is 1150. The van der Waals surface area contributed by atoms with E-state index in [9.17, 15) is 14.0 Å². The van der Waals surface area contributed by atoms with Crippen molar-refractivity contribution in [1.82, 2.24) is 5.32 Å². The number of benzene rings is 3. The van der Waals surface area contributed by atoms with Crippen LogP contribution < -0.4 is 16.4 Å². The normalized spacial score (nSPS) is 13.5. The van der Waals surface area contributed by atoms with Gasteiger partial charge in [0.25, 0.3) is 11.8 Å². The number of anilines is 2. The number of carbonyl (C=O) groups excluding carboxylic acids is 2. The quantitative estimate of drug-likeness (QED) is 0.315. The molecule has 4 N–H and O–H groups in total. The van der Waals surface area contributed by atoms with E-state index < -0.39 is 5.82 Å². The zero-order valence-electron chi connectivity index (χ0n) is 16.8. The monoisotopic (exact) mass is 415 g/mol. The molecule has 2 amide bonds. The Morgan fingerprint density at radius 1 is 0.935 bits per heavy atom. The van der Waals surface area contributed by atoms with Crippen LogP contribution in [0.1, 0.15) is 34.3 Å². The molecule has 1 saturated carbocycles. The average Bonchev–Trinajstić information content (AvgIpc) is 3.58. The molecule has 1 aliphatic carbocycles. The first kappa shape index (κ1) is 20.3. The topological polar surface area (TPSA) is 84.2 Å². The fraction of sp³-hybridized carbons (Fsp3) is 0.120. The smallest absolute Gasteiger partial charge is 0.255 e. The maximum absolute atomic E-state index is 13.7. The van der Waals surface area contributed by atoms with E-state index in [-0.39, 0.29) is 17.9 Å². The van der Waals surface area contributed by atoms with Crippen molar-refractivity contribution in [2.24, 2.45) is 0 Å². The molecule has 0 saturated heterocycles. The SMILES string of the molecule is Nc1ccccc1NC(=O)c1ccc(/C=C(\C(=O)NC2CC2)c2cccc(F)c2)cc1. The van der Waals surface area contributed by atoms with Crippen LogP contribution in [0.3, 0.4) is 0 Å². The molecule has 0 atom stereocenters. The van der Waals surface area contributed by atoms with Crippen molar-refractivity contribution >= 4 is 34.8 Å². The molecule has 0 spiro atoms. The van der Waals surface area contributed by atoms with E-state index in [1.807, 2.05) is 0 Å². The second-order valence-electron chi connectivity index (χ2n) is 7.48. The molecule has 3 aromatic carbocycles. The number of nitrogen functional groups attached to an aromatic ring is 1. The highest BCUT2D eigenvalue weighted by atomic mass is 19.1. The number of hydrogen-bond donors (Lipinski definition) is 3. The molecule has 0 aromatic heterocycles. The Labute approximate surface area is 179 Å². The van der Waals surface area contributed by atoms with Crippen molar-refractivity contribution in [3.63, 3.8) is 0 Å². The fourth-order valence-corrected chi connectivity index (χ4v) is 3.13. The first-order valence-corrected chi connectivity index (χ1v) is 10.0. The van der Waals surface area contributed by atoms with Gasteiger partial charge in [-0.2, -0.15) is 0 Å². The molecule has 0 radical (unpaired) electrons. The van der Waals surface area contributed by atoms with Crippen LogP contribution in [0.5, 0.6) is 0 Å². The van der Waals surface area contributed by atoms with Crippen LogP contribution in [0, 0.1) is 5.82 Å². The van der Waals surface area contributed by atoms with Crippen molar-refractivity contribution < 1.29 is 14.0 Å². The summed E-state index contributed by atoms with van der Waals surface area (Å²) in [6.07, 6.45) is 3.61. The van der Waals surface area contributed by atoms with Gasteiger partial charge in [-0.1, -0.05) is 36.4 Å². The minimum atomic E-state index is -0.408. The molecular formula is C25H22FN3O2. The molecule has 156 valence electrons. The van der Waals surface area contributed by atoms with Gasteiger partial charge in [0.1, 0.15) is 5.82 Å². The first-order chi connectivity index (χ1) is 15.0. The number of amides is 2. The highest BCUT2D eigenvalue weighted by Crippen LogP contribution is 2.24. The third-order valence-electron chi connectivity index (χ3n) is 4.99. The van der Waals surface area contributed by atoms with Crippen molar-refractivity contribution in [2.45, 2.75) is 18.9 Å². The molecule has 31 heavy (non-hydrogen) atoms. The van der Waals surface area contributed by atoms with E-state index in [4.69, 9.17) is 5.73 Å². The largest absolute Gasteiger partial charge is 0.397 e. The predicted molar refractivity (Wildman–Crippen MR) is 121 cm³/mol. The van der Waals surface area contributed by atoms with Gasteiger partial charge in [0.2, 0.25) is 0 Å². The number of nitrogens with one attached hydrogen (secondary N) is 2. The third-order valence-corrected chi connectivity index (χ3v) is 4.99. The van der Waals surface area contributed by atoms with Gasteiger partial charge in [0, 0.05) is 17.2 Å². The Hall–Kier alpha value is -3.93. The van der Waals surface area contributed by atoms with Crippen LogP contribution in [-0.2, 0) is 4.79 Å². The lowest BCUT2D eigenvalue weighted by atomic mass is 10.0. The van der Waals surface area contributed by atoms with Gasteiger partial charge in [0.05, 0.1) is 11.4 Å². The van der Waals surface area contributed by atoms with Crippen molar-refractivity contribution in [3.05, 3.63) is 95.3 Å². The van der Waals surface area contributed by atoms with E-state index >= 15 is 0 Å². The standard InChI is InChI=1S/C25H22FN3O2/c26-19-5-3-4-18(15-19)21(25(31)28-20-12-13-20)14-16-8-10-17(11-9-16)24(30)29-23-7-2-1-6-22(23)27/h1-11,14-15,20H,12-13,27H2,(H,28,31)(H,29,30)/b21-14-. The molecule has 0 aliphatic heterocycles. The summed E-state index contributed by atoms with van der Waals surface area (Å²) in [5, 5.41) is 5.73. The summed E-state index contributed by atoms with van der Waals surface area (Å²) in [6, 6.07) is 20.0. The number of hydrogen-bond acceptors (Lipinski definition) is 3. The Kier molecular flexibility index (Phi) is 5.80. The second kappa shape index (κ2) is 8.83. The van der Waals surface area contributed by atoms with Gasteiger partial charge in [-0.3, -0.25) is 9.59 Å². The summed E-state index contributed by atoms with van der Waals surface area (Å²) in [5.74, 6) is -0.936. The summed E-state index contributed by atoms with van der Waals surface area (Å²) in [5.41, 5.74) is 8.95. The number of nitrogens with two attached hydrogens (primary N) is 1. The number of rotatable bonds is 6. The van der Waals surface area contributed by atoms with E-state index in [2.05, 4.69) is 10.6 Å². The summed E-state index contributed by atoms with van der Waals surface area (Å²) in [4.78, 5) is 25.2. The van der Waals surface area contributed by atoms with Gasteiger partial charge in [-0.05, 0) is 66.4 Å². The maximum atomic E-state index is 13.7. The van der Waals surface area contributed by atoms with Crippen LogP contribution >= 0.6 is 0 Å². The molecule has 4 rings (SSSR count). The van der Waals surface area contributed by atoms with Crippen molar-refractivity contribution in [1.29, 1.82) is 0 Å². The van der Waals surface area contributed by atoms with Crippen LogP contribution in [0.25, 0.3) is 11.6 Å². The maximum Gasteiger partial charge on any atom is 0.255 e. The van der Waals surface area contributed by atoms with Crippen LogP contribution in [0.4, 0.5) is 15.8 Å². The third kappa shape index (κ3) is 5.17. The van der Waals surface area contributed by atoms with E-state index in [0.29, 0.717) is 28.1 Å². The molecule has 3 aromatic rings. The second-order valence-corrected chi connectivity index (χ2v) is 7.48. The summed E-state index contributed by atoms with van der Waals surface area (Å²) < 4.78 is 13.7. The summed E-state index contributed by atoms with van der Waals surface area (Å²) in [7, 11) is 0. The zero-order chi connectivity index (χ0) is 21.8. The highest BCUT2D eigenvalue weighted by molar-refractivity contribution is 6.24. The minimum Gasteiger partial charge on any atom is -0.397 e. The lowest BCUT2D eigenvalue weighted by molar-refractivity contribution is -0.115. The first-order valence-electron chi connectivity index (χ1n) is 10.0. The predicted octanol–water partition coefficient (Wildman–Crippen LogP) is 4.48. The minimum absolute atomic E-state index is 0.181. The van der Waals surface area contributed by atoms with Gasteiger partial charge in [-0.15, -0.1) is 0 Å². The Morgan fingerprint density at radius 2 is 1.68 bits per heavy atom.